The zero-order valence-electron chi connectivity index (χ0n) is 13.4. The highest BCUT2D eigenvalue weighted by Gasteiger charge is 2.22. The Morgan fingerprint density at radius 1 is 1.32 bits per heavy atom. The number of phenols is 1. The molecule has 0 heterocycles. The molecule has 5 nitrogen and oxygen atoms in total. The first-order chi connectivity index (χ1) is 10.5. The molecule has 0 spiro atoms. The molecule has 0 unspecified atom stereocenters. The molecule has 5 heteroatoms. The number of esters is 1. The van der Waals surface area contributed by atoms with Crippen LogP contribution in [0.4, 0.5) is 0 Å². The van der Waals surface area contributed by atoms with Gasteiger partial charge in [0.1, 0.15) is 22.8 Å². The molecule has 0 radical (unpaired) electrons. The van der Waals surface area contributed by atoms with E-state index in [1.807, 2.05) is 13.0 Å². The van der Waals surface area contributed by atoms with Crippen LogP contribution in [0.1, 0.15) is 43.0 Å². The van der Waals surface area contributed by atoms with E-state index >= 15 is 0 Å². The molecule has 1 atom stereocenters. The molecular weight excluding hydrogens is 284 g/mol. The maximum atomic E-state index is 12.2. The number of carbonyl (C=O) groups is 1. The maximum absolute atomic E-state index is 12.2. The highest BCUT2D eigenvalue weighted by molar-refractivity contribution is 5.96. The van der Waals surface area contributed by atoms with E-state index in [2.05, 4.69) is 6.58 Å². The summed E-state index contributed by atoms with van der Waals surface area (Å²) in [5.41, 5.74) is 0.0150. The number of methoxy groups -OCH3 is 2. The summed E-state index contributed by atoms with van der Waals surface area (Å²) in [4.78, 5) is 12.2. The quantitative estimate of drug-likeness (QED) is 0.428. The fourth-order valence-corrected chi connectivity index (χ4v) is 2.08. The second kappa shape index (κ2) is 8.97. The second-order valence-electron chi connectivity index (χ2n) is 5.01. The minimum atomic E-state index is -0.603. The summed E-state index contributed by atoms with van der Waals surface area (Å²) in [6, 6.07) is 2.89. The Bertz CT molecular complexity index is 510. The van der Waals surface area contributed by atoms with Crippen molar-refractivity contribution in [1.82, 2.24) is 0 Å². The van der Waals surface area contributed by atoms with Crippen molar-refractivity contribution in [3.63, 3.8) is 0 Å². The molecule has 0 saturated carbocycles. The number of carbonyl (C=O) groups excluding carboxylic acids is 1. The molecule has 1 N–H and O–H groups in total. The molecule has 0 aliphatic heterocycles. The van der Waals surface area contributed by atoms with Crippen molar-refractivity contribution in [2.24, 2.45) is 0 Å². The smallest absolute Gasteiger partial charge is 0.346 e. The first kappa shape index (κ1) is 17.9. The van der Waals surface area contributed by atoms with Gasteiger partial charge in [0, 0.05) is 12.1 Å². The van der Waals surface area contributed by atoms with Gasteiger partial charge in [-0.3, -0.25) is 0 Å². The number of benzene rings is 1. The van der Waals surface area contributed by atoms with E-state index in [9.17, 15) is 9.90 Å². The number of allylic oxidation sites excluding steroid dienone is 1. The van der Waals surface area contributed by atoms with Gasteiger partial charge in [-0.25, -0.2) is 4.79 Å². The van der Waals surface area contributed by atoms with E-state index in [0.717, 1.165) is 25.7 Å². The van der Waals surface area contributed by atoms with Crippen LogP contribution in [0.2, 0.25) is 0 Å². The van der Waals surface area contributed by atoms with Crippen molar-refractivity contribution < 1.29 is 24.1 Å². The Balaban J connectivity index is 2.74. The topological polar surface area (TPSA) is 65.0 Å². The van der Waals surface area contributed by atoms with Gasteiger partial charge in [-0.15, -0.1) is 6.58 Å². The Labute approximate surface area is 131 Å². The number of aromatic hydroxyl groups is 1. The van der Waals surface area contributed by atoms with Gasteiger partial charge in [0.2, 0.25) is 0 Å². The summed E-state index contributed by atoms with van der Waals surface area (Å²) in [7, 11) is 2.89. The number of rotatable bonds is 9. The van der Waals surface area contributed by atoms with Gasteiger partial charge in [0.25, 0.3) is 0 Å². The molecular formula is C17H24O5. The lowest BCUT2D eigenvalue weighted by Gasteiger charge is -2.16. The molecule has 0 aliphatic carbocycles. The van der Waals surface area contributed by atoms with E-state index in [4.69, 9.17) is 14.2 Å². The number of phenolic OH excluding ortho intramolecular Hbond substituents is 1. The van der Waals surface area contributed by atoms with Crippen LogP contribution < -0.4 is 9.47 Å². The maximum Gasteiger partial charge on any atom is 0.346 e. The van der Waals surface area contributed by atoms with Crippen molar-refractivity contribution in [2.75, 3.05) is 14.2 Å². The molecule has 0 bridgehead atoms. The fourth-order valence-electron chi connectivity index (χ4n) is 2.08. The van der Waals surface area contributed by atoms with Crippen molar-refractivity contribution in [1.29, 1.82) is 0 Å². The monoisotopic (exact) mass is 308 g/mol. The average Bonchev–Trinajstić information content (AvgIpc) is 2.50. The number of unbranched alkanes of at least 4 members (excludes halogenated alkanes) is 2. The van der Waals surface area contributed by atoms with E-state index < -0.39 is 5.97 Å². The Morgan fingerprint density at radius 2 is 2.05 bits per heavy atom. The standard InChI is InChI=1S/C17H24O5/c1-5-6-7-8-9-12(2)22-17(19)16-14(18)10-13(20-3)11-15(16)21-4/h5,10-12,18H,1,6-9H2,2-4H3/t12-/m1/s1. The van der Waals surface area contributed by atoms with E-state index in [1.54, 1.807) is 0 Å². The highest BCUT2D eigenvalue weighted by Crippen LogP contribution is 2.34. The summed E-state index contributed by atoms with van der Waals surface area (Å²) >= 11 is 0. The van der Waals surface area contributed by atoms with E-state index in [0.29, 0.717) is 5.75 Å². The molecule has 1 rings (SSSR count). The van der Waals surface area contributed by atoms with Crippen LogP contribution in [0.3, 0.4) is 0 Å². The van der Waals surface area contributed by atoms with Crippen molar-refractivity contribution >= 4 is 5.97 Å². The Morgan fingerprint density at radius 3 is 2.64 bits per heavy atom. The predicted molar refractivity (Wildman–Crippen MR) is 84.8 cm³/mol. The third-order valence-corrected chi connectivity index (χ3v) is 3.29. The van der Waals surface area contributed by atoms with Gasteiger partial charge >= 0.3 is 5.97 Å². The van der Waals surface area contributed by atoms with Gasteiger partial charge < -0.3 is 19.3 Å². The van der Waals surface area contributed by atoms with Crippen LogP contribution in [-0.4, -0.2) is 31.4 Å². The van der Waals surface area contributed by atoms with Crippen molar-refractivity contribution in [3.05, 3.63) is 30.4 Å². The second-order valence-corrected chi connectivity index (χ2v) is 5.01. The first-order valence-corrected chi connectivity index (χ1v) is 7.30. The summed E-state index contributed by atoms with van der Waals surface area (Å²) in [5.74, 6) is -0.197. The first-order valence-electron chi connectivity index (χ1n) is 7.30. The number of hydrogen-bond donors (Lipinski definition) is 1. The molecule has 122 valence electrons. The van der Waals surface area contributed by atoms with Crippen molar-refractivity contribution in [2.45, 2.75) is 38.7 Å². The molecule has 0 aromatic heterocycles. The lowest BCUT2D eigenvalue weighted by atomic mass is 10.1. The van der Waals surface area contributed by atoms with Crippen LogP contribution in [0.15, 0.2) is 24.8 Å². The average molecular weight is 308 g/mol. The predicted octanol–water partition coefficient (Wildman–Crippen LogP) is 3.70. The summed E-state index contributed by atoms with van der Waals surface area (Å²) in [6.07, 6.45) is 5.32. The zero-order chi connectivity index (χ0) is 16.5. The van der Waals surface area contributed by atoms with Crippen LogP contribution in [0.25, 0.3) is 0 Å². The normalized spacial score (nSPS) is 11.6. The van der Waals surface area contributed by atoms with Gasteiger partial charge in [-0.05, 0) is 32.6 Å². The molecule has 1 aromatic rings. The van der Waals surface area contributed by atoms with Crippen LogP contribution in [-0.2, 0) is 4.74 Å². The largest absolute Gasteiger partial charge is 0.507 e. The number of hydrogen-bond acceptors (Lipinski definition) is 5. The van der Waals surface area contributed by atoms with Gasteiger partial charge in [-0.1, -0.05) is 6.08 Å². The minimum Gasteiger partial charge on any atom is -0.507 e. The lowest BCUT2D eigenvalue weighted by molar-refractivity contribution is 0.0313. The van der Waals surface area contributed by atoms with Gasteiger partial charge in [0.15, 0.2) is 0 Å². The Kier molecular flexibility index (Phi) is 7.29. The third-order valence-electron chi connectivity index (χ3n) is 3.29. The van der Waals surface area contributed by atoms with Crippen LogP contribution in [0, 0.1) is 0 Å². The highest BCUT2D eigenvalue weighted by atomic mass is 16.5. The summed E-state index contributed by atoms with van der Waals surface area (Å²) < 4.78 is 15.5. The Hall–Kier alpha value is -2.17. The SMILES string of the molecule is C=CCCCC[C@@H](C)OC(=O)c1c(O)cc(OC)cc1OC. The summed E-state index contributed by atoms with van der Waals surface area (Å²) in [6.45, 7) is 5.50. The summed E-state index contributed by atoms with van der Waals surface area (Å²) in [5, 5.41) is 9.99. The number of ether oxygens (including phenoxy) is 3. The molecule has 1 aromatic carbocycles. The van der Waals surface area contributed by atoms with E-state index in [-0.39, 0.29) is 23.2 Å². The third kappa shape index (κ3) is 4.98. The van der Waals surface area contributed by atoms with Gasteiger partial charge in [0.05, 0.1) is 20.3 Å². The zero-order valence-corrected chi connectivity index (χ0v) is 13.4. The molecule has 22 heavy (non-hydrogen) atoms. The molecule has 0 fully saturated rings. The lowest BCUT2D eigenvalue weighted by Crippen LogP contribution is -2.16. The van der Waals surface area contributed by atoms with Crippen molar-refractivity contribution in [3.8, 4) is 17.2 Å². The van der Waals surface area contributed by atoms with Crippen LogP contribution >= 0.6 is 0 Å². The molecule has 0 saturated heterocycles. The fraction of sp³-hybridized carbons (Fsp3) is 0.471. The van der Waals surface area contributed by atoms with E-state index in [1.165, 1.54) is 26.4 Å². The molecule has 0 aliphatic rings. The van der Waals surface area contributed by atoms with Crippen LogP contribution in [0.5, 0.6) is 17.2 Å². The minimum absolute atomic E-state index is 0.0150. The molecule has 0 amide bonds. The van der Waals surface area contributed by atoms with Gasteiger partial charge in [-0.2, -0.15) is 0 Å².